The van der Waals surface area contributed by atoms with Gasteiger partial charge in [0.25, 0.3) is 0 Å². The second kappa shape index (κ2) is 4.97. The summed E-state index contributed by atoms with van der Waals surface area (Å²) >= 11 is 0. The lowest BCUT2D eigenvalue weighted by Gasteiger charge is -2.14. The summed E-state index contributed by atoms with van der Waals surface area (Å²) in [5, 5.41) is 10.3. The Labute approximate surface area is 101 Å². The standard InChI is InChI=1S/C14H15NO2/c1-10-3-5-11(6-4-10)14(16)12-7-8-15-9-13(12)17-2/h3-9,14,16H,1-2H3. The Morgan fingerprint density at radius 1 is 1.18 bits per heavy atom. The van der Waals surface area contributed by atoms with Gasteiger partial charge in [0.1, 0.15) is 11.9 Å². The number of aryl methyl sites for hydroxylation is 1. The third-order valence-corrected chi connectivity index (χ3v) is 2.72. The van der Waals surface area contributed by atoms with E-state index in [1.807, 2.05) is 31.2 Å². The molecule has 1 unspecified atom stereocenters. The van der Waals surface area contributed by atoms with E-state index in [-0.39, 0.29) is 0 Å². The normalized spacial score (nSPS) is 12.2. The number of aliphatic hydroxyl groups is 1. The molecule has 3 heteroatoms. The molecule has 0 saturated carbocycles. The number of benzene rings is 1. The van der Waals surface area contributed by atoms with E-state index in [1.54, 1.807) is 25.6 Å². The van der Waals surface area contributed by atoms with Crippen molar-refractivity contribution >= 4 is 0 Å². The molecule has 0 radical (unpaired) electrons. The number of rotatable bonds is 3. The van der Waals surface area contributed by atoms with Crippen molar-refractivity contribution in [2.45, 2.75) is 13.0 Å². The molecule has 1 heterocycles. The first-order chi connectivity index (χ1) is 8.22. The van der Waals surface area contributed by atoms with E-state index in [0.29, 0.717) is 5.75 Å². The van der Waals surface area contributed by atoms with Crippen LogP contribution in [0.15, 0.2) is 42.7 Å². The van der Waals surface area contributed by atoms with E-state index < -0.39 is 6.10 Å². The second-order valence-corrected chi connectivity index (χ2v) is 3.93. The van der Waals surface area contributed by atoms with Crippen LogP contribution in [0.1, 0.15) is 22.8 Å². The predicted octanol–water partition coefficient (Wildman–Crippen LogP) is 2.48. The highest BCUT2D eigenvalue weighted by Gasteiger charge is 2.14. The number of methoxy groups -OCH3 is 1. The zero-order valence-electron chi connectivity index (χ0n) is 9.92. The van der Waals surface area contributed by atoms with Crippen molar-refractivity contribution in [2.24, 2.45) is 0 Å². The van der Waals surface area contributed by atoms with Gasteiger partial charge >= 0.3 is 0 Å². The van der Waals surface area contributed by atoms with Gasteiger partial charge in [-0.15, -0.1) is 0 Å². The molecule has 0 amide bonds. The summed E-state index contributed by atoms with van der Waals surface area (Å²) in [6.07, 6.45) is 2.57. The molecule has 88 valence electrons. The molecule has 0 aliphatic rings. The molecule has 1 aromatic carbocycles. The molecule has 1 atom stereocenters. The van der Waals surface area contributed by atoms with Gasteiger partial charge in [0.05, 0.1) is 13.3 Å². The zero-order valence-corrected chi connectivity index (χ0v) is 9.92. The third kappa shape index (κ3) is 2.45. The van der Waals surface area contributed by atoms with Crippen molar-refractivity contribution in [1.29, 1.82) is 0 Å². The van der Waals surface area contributed by atoms with E-state index in [4.69, 9.17) is 4.74 Å². The maximum atomic E-state index is 10.3. The van der Waals surface area contributed by atoms with Gasteiger partial charge in [-0.25, -0.2) is 0 Å². The quantitative estimate of drug-likeness (QED) is 0.879. The summed E-state index contributed by atoms with van der Waals surface area (Å²) in [6, 6.07) is 9.56. The first kappa shape index (κ1) is 11.6. The molecule has 1 N–H and O–H groups in total. The molecule has 0 aliphatic carbocycles. The van der Waals surface area contributed by atoms with Gasteiger partial charge in [0.2, 0.25) is 0 Å². The fraction of sp³-hybridized carbons (Fsp3) is 0.214. The minimum absolute atomic E-state index is 0.598. The number of hydrogen-bond donors (Lipinski definition) is 1. The summed E-state index contributed by atoms with van der Waals surface area (Å²) in [5.74, 6) is 0.598. The van der Waals surface area contributed by atoms with Crippen molar-refractivity contribution < 1.29 is 9.84 Å². The second-order valence-electron chi connectivity index (χ2n) is 3.93. The summed E-state index contributed by atoms with van der Waals surface area (Å²) in [6.45, 7) is 2.02. The summed E-state index contributed by atoms with van der Waals surface area (Å²) in [7, 11) is 1.57. The van der Waals surface area contributed by atoms with Crippen LogP contribution in [0.3, 0.4) is 0 Å². The van der Waals surface area contributed by atoms with E-state index in [2.05, 4.69) is 4.98 Å². The molecule has 0 bridgehead atoms. The highest BCUT2D eigenvalue weighted by molar-refractivity contribution is 5.38. The number of nitrogens with zero attached hydrogens (tertiary/aromatic N) is 1. The van der Waals surface area contributed by atoms with E-state index in [9.17, 15) is 5.11 Å². The van der Waals surface area contributed by atoms with Gasteiger partial charge in [-0.3, -0.25) is 4.98 Å². The number of aliphatic hydroxyl groups excluding tert-OH is 1. The lowest BCUT2D eigenvalue weighted by Crippen LogP contribution is -2.02. The first-order valence-corrected chi connectivity index (χ1v) is 5.45. The van der Waals surface area contributed by atoms with Crippen molar-refractivity contribution in [3.63, 3.8) is 0 Å². The molecule has 2 rings (SSSR count). The monoisotopic (exact) mass is 229 g/mol. The Balaban J connectivity index is 2.36. The van der Waals surface area contributed by atoms with Crippen LogP contribution in [-0.4, -0.2) is 17.2 Å². The van der Waals surface area contributed by atoms with Crippen molar-refractivity contribution in [1.82, 2.24) is 4.98 Å². The predicted molar refractivity (Wildman–Crippen MR) is 66.0 cm³/mol. The van der Waals surface area contributed by atoms with Crippen LogP contribution in [0.25, 0.3) is 0 Å². The molecular formula is C14H15NO2. The largest absolute Gasteiger partial charge is 0.495 e. The number of hydrogen-bond acceptors (Lipinski definition) is 3. The van der Waals surface area contributed by atoms with Crippen molar-refractivity contribution in [2.75, 3.05) is 7.11 Å². The molecular weight excluding hydrogens is 214 g/mol. The average Bonchev–Trinajstić information content (AvgIpc) is 2.39. The van der Waals surface area contributed by atoms with Crippen LogP contribution in [0.2, 0.25) is 0 Å². The van der Waals surface area contributed by atoms with Crippen LogP contribution < -0.4 is 4.74 Å². The minimum atomic E-state index is -0.687. The van der Waals surface area contributed by atoms with Gasteiger partial charge in [0, 0.05) is 11.8 Å². The fourth-order valence-corrected chi connectivity index (χ4v) is 1.72. The minimum Gasteiger partial charge on any atom is -0.495 e. The van der Waals surface area contributed by atoms with E-state index in [0.717, 1.165) is 11.1 Å². The van der Waals surface area contributed by atoms with Crippen LogP contribution in [-0.2, 0) is 0 Å². The molecule has 17 heavy (non-hydrogen) atoms. The summed E-state index contributed by atoms with van der Waals surface area (Å²) in [5.41, 5.74) is 2.74. The van der Waals surface area contributed by atoms with E-state index in [1.165, 1.54) is 5.56 Å². The molecule has 0 spiro atoms. The van der Waals surface area contributed by atoms with Gasteiger partial charge < -0.3 is 9.84 Å². The first-order valence-electron chi connectivity index (χ1n) is 5.45. The maximum absolute atomic E-state index is 10.3. The molecule has 2 aromatic rings. The Kier molecular flexibility index (Phi) is 3.40. The number of pyridine rings is 1. The Morgan fingerprint density at radius 3 is 2.53 bits per heavy atom. The number of ether oxygens (including phenoxy) is 1. The molecule has 0 saturated heterocycles. The number of aromatic nitrogens is 1. The van der Waals surface area contributed by atoms with Gasteiger partial charge in [-0.05, 0) is 18.6 Å². The van der Waals surface area contributed by atoms with Gasteiger partial charge in [-0.2, -0.15) is 0 Å². The highest BCUT2D eigenvalue weighted by atomic mass is 16.5. The van der Waals surface area contributed by atoms with Crippen molar-refractivity contribution in [3.05, 3.63) is 59.4 Å². The van der Waals surface area contributed by atoms with Crippen LogP contribution in [0.4, 0.5) is 0 Å². The molecule has 0 fully saturated rings. The average molecular weight is 229 g/mol. The van der Waals surface area contributed by atoms with Crippen LogP contribution in [0.5, 0.6) is 5.75 Å². The summed E-state index contributed by atoms with van der Waals surface area (Å²) in [4.78, 5) is 3.97. The van der Waals surface area contributed by atoms with Crippen LogP contribution >= 0.6 is 0 Å². The molecule has 1 aromatic heterocycles. The lowest BCUT2D eigenvalue weighted by molar-refractivity contribution is 0.214. The van der Waals surface area contributed by atoms with Crippen LogP contribution in [0, 0.1) is 6.92 Å². The maximum Gasteiger partial charge on any atom is 0.143 e. The van der Waals surface area contributed by atoms with Gasteiger partial charge in [0.15, 0.2) is 0 Å². The Hall–Kier alpha value is -1.87. The smallest absolute Gasteiger partial charge is 0.143 e. The van der Waals surface area contributed by atoms with E-state index >= 15 is 0 Å². The zero-order chi connectivity index (χ0) is 12.3. The Morgan fingerprint density at radius 2 is 1.88 bits per heavy atom. The Bertz CT molecular complexity index is 494. The molecule has 0 aliphatic heterocycles. The highest BCUT2D eigenvalue weighted by Crippen LogP contribution is 2.28. The molecule has 3 nitrogen and oxygen atoms in total. The topological polar surface area (TPSA) is 42.4 Å². The fourth-order valence-electron chi connectivity index (χ4n) is 1.72. The summed E-state index contributed by atoms with van der Waals surface area (Å²) < 4.78 is 5.19. The third-order valence-electron chi connectivity index (χ3n) is 2.72. The SMILES string of the molecule is COc1cnccc1C(O)c1ccc(C)cc1. The van der Waals surface area contributed by atoms with Gasteiger partial charge in [-0.1, -0.05) is 29.8 Å². The van der Waals surface area contributed by atoms with Crippen molar-refractivity contribution in [3.8, 4) is 5.75 Å². The lowest BCUT2D eigenvalue weighted by atomic mass is 10.0.